The molecule has 2 atom stereocenters. The van der Waals surface area contributed by atoms with Gasteiger partial charge in [-0.25, -0.2) is 0 Å². The van der Waals surface area contributed by atoms with E-state index in [1.807, 2.05) is 13.8 Å². The van der Waals surface area contributed by atoms with Gasteiger partial charge in [0.15, 0.2) is 0 Å². The fraction of sp³-hybridized carbons (Fsp3) is 0.562. The number of H-pyrrole nitrogens is 1. The number of likely N-dealkylation sites (tertiary alicyclic amines) is 1. The van der Waals surface area contributed by atoms with E-state index in [1.165, 1.54) is 13.3 Å². The summed E-state index contributed by atoms with van der Waals surface area (Å²) in [6.07, 6.45) is 9.68. The van der Waals surface area contributed by atoms with Crippen LogP contribution in [0.1, 0.15) is 44.2 Å². The predicted octanol–water partition coefficient (Wildman–Crippen LogP) is 1.39. The van der Waals surface area contributed by atoms with Crippen LogP contribution in [-0.4, -0.2) is 46.6 Å². The van der Waals surface area contributed by atoms with Crippen molar-refractivity contribution in [3.05, 3.63) is 24.1 Å². The van der Waals surface area contributed by atoms with Gasteiger partial charge in [0.2, 0.25) is 0 Å². The summed E-state index contributed by atoms with van der Waals surface area (Å²) in [5.74, 6) is 2.68. The van der Waals surface area contributed by atoms with Gasteiger partial charge < -0.3 is 0 Å². The number of hydrogen-bond acceptors (Lipinski definition) is 4. The number of carbonyl (C=O) groups excluding carboxylic acids is 2. The average molecular weight is 317 g/mol. The van der Waals surface area contributed by atoms with E-state index >= 15 is 0 Å². The minimum absolute atomic E-state index is 0.0649. The number of alkyl carbamates (subject to hydrolysis) is 1. The molecule has 7 nitrogen and oxygen atoms in total. The van der Waals surface area contributed by atoms with Gasteiger partial charge in [0, 0.05) is 0 Å². The van der Waals surface area contributed by atoms with Crippen molar-refractivity contribution in [2.45, 2.75) is 38.8 Å². The summed E-state index contributed by atoms with van der Waals surface area (Å²) in [5, 5.41) is 2.61. The molecule has 1 fully saturated rings. The number of amides is 2. The molecule has 122 valence electrons. The predicted molar refractivity (Wildman–Crippen MR) is 82.7 cm³/mol. The molecule has 1 saturated heterocycles. The van der Waals surface area contributed by atoms with Gasteiger partial charge in [0.1, 0.15) is 0 Å². The zero-order valence-corrected chi connectivity index (χ0v) is 13.5. The monoisotopic (exact) mass is 317 g/mol. The van der Waals surface area contributed by atoms with Crippen molar-refractivity contribution in [3.63, 3.8) is 0 Å². The Hall–Kier alpha value is -2.27. The Morgan fingerprint density at radius 1 is 1.57 bits per heavy atom. The van der Waals surface area contributed by atoms with Crippen LogP contribution < -0.4 is 5.32 Å². The number of nitrogens with one attached hydrogen (secondary N) is 2. The Balaban J connectivity index is 2.18. The van der Waals surface area contributed by atoms with Gasteiger partial charge in [-0.05, 0) is 0 Å². The third-order valence-electron chi connectivity index (χ3n) is 3.97. The fourth-order valence-corrected chi connectivity index (χ4v) is 2.76. The molecule has 0 aromatic carbocycles. The second-order valence-electron chi connectivity index (χ2n) is 5.85. The van der Waals surface area contributed by atoms with Crippen molar-refractivity contribution in [1.82, 2.24) is 20.2 Å². The molecule has 23 heavy (non-hydrogen) atoms. The summed E-state index contributed by atoms with van der Waals surface area (Å²) in [4.78, 5) is 33.3. The normalized spacial score (nSPS) is 18.7. The molecular weight excluding hydrogens is 296 g/mol. The van der Waals surface area contributed by atoms with Crippen molar-refractivity contribution < 1.29 is 14.3 Å². The number of aromatic amines is 1. The topological polar surface area (TPSA) is 87.3 Å². The molecule has 0 bridgehead atoms. The van der Waals surface area contributed by atoms with E-state index in [0.717, 1.165) is 12.8 Å². The van der Waals surface area contributed by atoms with Crippen LogP contribution in [0, 0.1) is 18.3 Å². The SMILES string of the molecule is [C+]#Cc1cnc([C@@H]2CCCN2C(=O)[C@@H](NC(=O)OC)C(C)C)[nH]1. The van der Waals surface area contributed by atoms with Crippen molar-refractivity contribution in [3.8, 4) is 5.92 Å². The Labute approximate surface area is 135 Å². The van der Waals surface area contributed by atoms with Gasteiger partial charge in [-0.2, -0.15) is 0 Å². The number of aromatic nitrogens is 2. The number of nitrogens with zero attached hydrogens (tertiary/aromatic N) is 2. The standard InChI is InChI=1S/C16H20N4O3/c1-5-11-9-17-14(18-11)12-7-6-8-20(12)15(21)13(10(2)3)19-16(22)23-4/h9-10,12-13H,6-8H2,2-4H3,(H-,17,18,19,22)/p+1/t12-,13-/m0/s1. The summed E-state index contributed by atoms with van der Waals surface area (Å²) in [6.45, 7) is 4.36. The van der Waals surface area contributed by atoms with Gasteiger partial charge in [0.25, 0.3) is 0 Å². The van der Waals surface area contributed by atoms with Gasteiger partial charge in [-0.15, -0.1) is 0 Å². The molecule has 1 aromatic heterocycles. The average Bonchev–Trinajstić information content (AvgIpc) is 3.19. The van der Waals surface area contributed by atoms with Crippen LogP contribution in [-0.2, 0) is 9.53 Å². The van der Waals surface area contributed by atoms with Crippen molar-refractivity contribution in [2.75, 3.05) is 13.7 Å². The number of rotatable bonds is 4. The minimum atomic E-state index is -0.646. The first-order valence-electron chi connectivity index (χ1n) is 7.60. The molecule has 0 spiro atoms. The van der Waals surface area contributed by atoms with E-state index in [-0.39, 0.29) is 17.9 Å². The quantitative estimate of drug-likeness (QED) is 0.649. The number of ether oxygens (including phenoxy) is 1. The van der Waals surface area contributed by atoms with E-state index < -0.39 is 12.1 Å². The molecule has 0 aliphatic carbocycles. The van der Waals surface area contributed by atoms with Crippen LogP contribution in [0.4, 0.5) is 4.79 Å². The molecular formula is C16H21N4O3+. The Kier molecular flexibility index (Phi) is 5.45. The van der Waals surface area contributed by atoms with Crippen LogP contribution in [0.2, 0.25) is 0 Å². The summed E-state index contributed by atoms with van der Waals surface area (Å²) in [6, 6.07) is -0.822. The fourth-order valence-electron chi connectivity index (χ4n) is 2.76. The summed E-state index contributed by atoms with van der Waals surface area (Å²) >= 11 is 0. The van der Waals surface area contributed by atoms with Crippen LogP contribution in [0.5, 0.6) is 0 Å². The van der Waals surface area contributed by atoms with Crippen LogP contribution in [0.25, 0.3) is 0 Å². The third-order valence-corrected chi connectivity index (χ3v) is 3.97. The molecule has 2 amide bonds. The van der Waals surface area contributed by atoms with E-state index in [1.54, 1.807) is 4.90 Å². The number of carbonyl (C=O) groups is 2. The molecule has 2 heterocycles. The first-order valence-corrected chi connectivity index (χ1v) is 7.60. The van der Waals surface area contributed by atoms with E-state index in [9.17, 15) is 9.59 Å². The van der Waals surface area contributed by atoms with Crippen LogP contribution in [0.3, 0.4) is 0 Å². The molecule has 0 saturated carbocycles. The summed E-state index contributed by atoms with van der Waals surface area (Å²) < 4.78 is 4.60. The number of hydrogen-bond donors (Lipinski definition) is 2. The van der Waals surface area contributed by atoms with E-state index in [0.29, 0.717) is 18.1 Å². The molecule has 2 N–H and O–H groups in total. The first-order chi connectivity index (χ1) is 11.0. The van der Waals surface area contributed by atoms with E-state index in [4.69, 9.17) is 6.42 Å². The summed E-state index contributed by atoms with van der Waals surface area (Å²) in [5.41, 5.74) is 0.479. The van der Waals surface area contributed by atoms with Gasteiger partial charge in [-0.1, -0.05) is 0 Å². The molecule has 7 heteroatoms. The Morgan fingerprint density at radius 2 is 2.30 bits per heavy atom. The third kappa shape index (κ3) is 3.74. The maximum absolute atomic E-state index is 12.9. The molecule has 0 unspecified atom stereocenters. The molecule has 0 radical (unpaired) electrons. The Morgan fingerprint density at radius 3 is 2.87 bits per heavy atom. The number of methoxy groups -OCH3 is 1. The van der Waals surface area contributed by atoms with Crippen molar-refractivity contribution >= 4 is 12.0 Å². The molecule has 1 aliphatic heterocycles. The van der Waals surface area contributed by atoms with Crippen molar-refractivity contribution in [1.29, 1.82) is 0 Å². The zero-order valence-electron chi connectivity index (χ0n) is 13.5. The van der Waals surface area contributed by atoms with Gasteiger partial charge in [-0.3, -0.25) is 0 Å². The van der Waals surface area contributed by atoms with Crippen molar-refractivity contribution in [2.24, 2.45) is 5.92 Å². The molecule has 2 rings (SSSR count). The zero-order chi connectivity index (χ0) is 17.0. The maximum atomic E-state index is 12.9. The van der Waals surface area contributed by atoms with Crippen LogP contribution in [0.15, 0.2) is 6.20 Å². The van der Waals surface area contributed by atoms with E-state index in [2.05, 4.69) is 25.9 Å². The molecule has 1 aliphatic rings. The Bertz CT molecular complexity index is 617. The molecule has 1 aromatic rings. The summed E-state index contributed by atoms with van der Waals surface area (Å²) in [7, 11) is 1.27. The number of imidazole rings is 1. The second kappa shape index (κ2) is 7.33. The van der Waals surface area contributed by atoms with Crippen LogP contribution >= 0.6 is 0 Å². The van der Waals surface area contributed by atoms with Gasteiger partial charge in [0.05, 0.1) is 0 Å². The second-order valence-corrected chi connectivity index (χ2v) is 5.85. The first kappa shape index (κ1) is 17.1. The van der Waals surface area contributed by atoms with Gasteiger partial charge >= 0.3 is 135 Å².